The summed E-state index contributed by atoms with van der Waals surface area (Å²) in [5, 5.41) is 5.80. The second kappa shape index (κ2) is 10.1. The van der Waals surface area contributed by atoms with E-state index in [4.69, 9.17) is 0 Å². The Morgan fingerprint density at radius 2 is 1.88 bits per heavy atom. The van der Waals surface area contributed by atoms with E-state index in [0.29, 0.717) is 35.1 Å². The minimum atomic E-state index is -0.333. The van der Waals surface area contributed by atoms with Crippen molar-refractivity contribution in [3.63, 3.8) is 0 Å². The summed E-state index contributed by atoms with van der Waals surface area (Å²) in [5.74, 6) is 0.325. The summed E-state index contributed by atoms with van der Waals surface area (Å²) in [4.78, 5) is 49.5. The second-order valence-electron chi connectivity index (χ2n) is 11.7. The van der Waals surface area contributed by atoms with Crippen molar-refractivity contribution in [1.82, 2.24) is 19.1 Å². The lowest BCUT2D eigenvalue weighted by molar-refractivity contribution is -0.111. The molecular weight excluding hydrogens is 530 g/mol. The lowest BCUT2D eigenvalue weighted by atomic mass is 9.90. The summed E-state index contributed by atoms with van der Waals surface area (Å²) in [7, 11) is 1.67. The molecule has 6 rings (SSSR count). The molecule has 1 aliphatic heterocycles. The summed E-state index contributed by atoms with van der Waals surface area (Å²) in [6.45, 7) is 11.2. The first kappa shape index (κ1) is 27.2. The Morgan fingerprint density at radius 3 is 2.67 bits per heavy atom. The highest BCUT2D eigenvalue weighted by molar-refractivity contribution is 6.06. The number of rotatable bonds is 6. The minimum Gasteiger partial charge on any atom is -0.339 e. The van der Waals surface area contributed by atoms with Crippen molar-refractivity contribution in [2.45, 2.75) is 40.2 Å². The van der Waals surface area contributed by atoms with Gasteiger partial charge < -0.3 is 19.8 Å². The molecule has 0 unspecified atom stereocenters. The van der Waals surface area contributed by atoms with Crippen LogP contribution in [0.4, 0.5) is 23.0 Å². The van der Waals surface area contributed by atoms with Gasteiger partial charge in [0.05, 0.1) is 5.69 Å². The van der Waals surface area contributed by atoms with E-state index in [1.165, 1.54) is 21.9 Å². The highest BCUT2D eigenvalue weighted by atomic mass is 16.2. The predicted molar refractivity (Wildman–Crippen MR) is 163 cm³/mol. The van der Waals surface area contributed by atoms with E-state index in [-0.39, 0.29) is 28.6 Å². The number of hydrogen-bond acceptors (Lipinski definition) is 6. The number of benzene rings is 1. The number of nitrogens with one attached hydrogen (secondary N) is 2. The maximum atomic E-state index is 13.7. The van der Waals surface area contributed by atoms with E-state index in [9.17, 15) is 14.4 Å². The van der Waals surface area contributed by atoms with Gasteiger partial charge in [-0.3, -0.25) is 19.3 Å². The molecule has 3 aromatic heterocycles. The van der Waals surface area contributed by atoms with Gasteiger partial charge in [0, 0.05) is 60.7 Å². The van der Waals surface area contributed by atoms with Crippen LogP contribution in [0.25, 0.3) is 11.3 Å². The minimum absolute atomic E-state index is 0.0552. The lowest BCUT2D eigenvalue weighted by Gasteiger charge is -2.30. The average molecular weight is 564 g/mol. The van der Waals surface area contributed by atoms with Crippen molar-refractivity contribution in [2.75, 3.05) is 22.1 Å². The number of nitrogens with zero attached hydrogens (tertiary/aromatic N) is 5. The number of pyridine rings is 1. The Labute approximate surface area is 243 Å². The lowest BCUT2D eigenvalue weighted by Crippen LogP contribution is -2.41. The van der Waals surface area contributed by atoms with Crippen molar-refractivity contribution in [3.05, 3.63) is 94.3 Å². The zero-order valence-electron chi connectivity index (χ0n) is 24.2. The van der Waals surface area contributed by atoms with Crippen molar-refractivity contribution < 1.29 is 9.59 Å². The summed E-state index contributed by atoms with van der Waals surface area (Å²) in [6, 6.07) is 10.9. The molecule has 2 N–H and O–H groups in total. The van der Waals surface area contributed by atoms with Crippen LogP contribution in [0, 0.1) is 12.3 Å². The largest absolute Gasteiger partial charge is 0.339 e. The fourth-order valence-corrected chi connectivity index (χ4v) is 6.01. The summed E-state index contributed by atoms with van der Waals surface area (Å²) in [5.41, 5.74) is 6.44. The second-order valence-corrected chi connectivity index (χ2v) is 11.7. The van der Waals surface area contributed by atoms with Gasteiger partial charge >= 0.3 is 0 Å². The van der Waals surface area contributed by atoms with Crippen LogP contribution in [0.15, 0.2) is 66.2 Å². The van der Waals surface area contributed by atoms with Crippen LogP contribution in [0.3, 0.4) is 0 Å². The third-order valence-electron chi connectivity index (χ3n) is 7.98. The fourth-order valence-electron chi connectivity index (χ4n) is 6.01. The standard InChI is InChI=1S/C32H33N7O3/c1-6-27(40)34-21-8-7-9-22(15-21)35-28-31(42)37(5)18-24(36-28)23-10-11-33-29(19(23)2)39-13-12-38-25(30(39)41)14-20-16-32(3,4)17-26(20)38/h6-11,14-15,18H,1,12-13,16-17H2,2-5H3,(H,34,40)(H,35,36). The summed E-state index contributed by atoms with van der Waals surface area (Å²) >= 11 is 0. The Morgan fingerprint density at radius 1 is 1.10 bits per heavy atom. The molecule has 0 fully saturated rings. The number of aromatic nitrogens is 4. The first-order valence-corrected chi connectivity index (χ1v) is 13.9. The van der Waals surface area contributed by atoms with E-state index < -0.39 is 0 Å². The molecule has 1 aliphatic carbocycles. The topological polar surface area (TPSA) is 114 Å². The van der Waals surface area contributed by atoms with Gasteiger partial charge in [-0.05, 0) is 67.2 Å². The highest BCUT2D eigenvalue weighted by Crippen LogP contribution is 2.40. The van der Waals surface area contributed by atoms with E-state index in [0.717, 1.165) is 30.5 Å². The number of anilines is 4. The van der Waals surface area contributed by atoms with Gasteiger partial charge in [-0.15, -0.1) is 0 Å². The molecule has 1 aromatic carbocycles. The maximum Gasteiger partial charge on any atom is 0.293 e. The summed E-state index contributed by atoms with van der Waals surface area (Å²) in [6.07, 6.45) is 6.49. The van der Waals surface area contributed by atoms with Crippen molar-refractivity contribution in [1.29, 1.82) is 0 Å². The summed E-state index contributed by atoms with van der Waals surface area (Å²) < 4.78 is 3.65. The zero-order chi connectivity index (χ0) is 29.8. The molecule has 0 bridgehead atoms. The van der Waals surface area contributed by atoms with Crippen LogP contribution in [0.2, 0.25) is 0 Å². The van der Waals surface area contributed by atoms with Gasteiger partial charge in [0.2, 0.25) is 5.91 Å². The van der Waals surface area contributed by atoms with Crippen LogP contribution in [0.5, 0.6) is 0 Å². The Hall–Kier alpha value is -4.99. The smallest absolute Gasteiger partial charge is 0.293 e. The monoisotopic (exact) mass is 563 g/mol. The number of hydrogen-bond donors (Lipinski definition) is 2. The average Bonchev–Trinajstić information content (AvgIpc) is 3.44. The normalized spacial score (nSPS) is 15.2. The molecule has 0 saturated heterocycles. The molecule has 0 atom stereocenters. The number of amides is 2. The number of carbonyl (C=O) groups excluding carboxylic acids is 2. The first-order valence-electron chi connectivity index (χ1n) is 13.9. The maximum absolute atomic E-state index is 13.7. The van der Waals surface area contributed by atoms with Gasteiger partial charge in [0.1, 0.15) is 11.5 Å². The van der Waals surface area contributed by atoms with Crippen LogP contribution in [-0.4, -0.2) is 37.5 Å². The molecule has 214 valence electrons. The van der Waals surface area contributed by atoms with Gasteiger partial charge in [-0.1, -0.05) is 26.5 Å². The molecule has 0 spiro atoms. The van der Waals surface area contributed by atoms with Crippen LogP contribution in [0.1, 0.15) is 41.2 Å². The number of carbonyl (C=O) groups is 2. The third-order valence-corrected chi connectivity index (χ3v) is 7.98. The fraction of sp³-hybridized carbons (Fsp3) is 0.281. The molecule has 4 aromatic rings. The molecular formula is C32H33N7O3. The molecule has 0 radical (unpaired) electrons. The molecule has 10 heteroatoms. The zero-order valence-corrected chi connectivity index (χ0v) is 24.2. The van der Waals surface area contributed by atoms with Crippen LogP contribution in [-0.2, 0) is 31.2 Å². The van der Waals surface area contributed by atoms with Crippen molar-refractivity contribution in [2.24, 2.45) is 12.5 Å². The Kier molecular flexibility index (Phi) is 6.56. The molecule has 2 aliphatic rings. The van der Waals surface area contributed by atoms with Crippen molar-refractivity contribution in [3.8, 4) is 11.3 Å². The molecule has 0 saturated carbocycles. The number of fused-ring (bicyclic) bond motifs is 3. The Balaban J connectivity index is 1.31. The molecule has 10 nitrogen and oxygen atoms in total. The van der Waals surface area contributed by atoms with Gasteiger partial charge in [0.25, 0.3) is 11.5 Å². The SMILES string of the molecule is C=CC(=O)Nc1cccc(Nc2nc(-c3ccnc(N4CCn5c(cc6c5CC(C)(C)C6)C4=O)c3C)cn(C)c2=O)c1. The van der Waals surface area contributed by atoms with Gasteiger partial charge in [-0.2, -0.15) is 0 Å². The third kappa shape index (κ3) is 4.78. The van der Waals surface area contributed by atoms with E-state index in [1.54, 1.807) is 48.6 Å². The van der Waals surface area contributed by atoms with Crippen molar-refractivity contribution >= 4 is 34.8 Å². The van der Waals surface area contributed by atoms with Crippen LogP contribution >= 0.6 is 0 Å². The number of aryl methyl sites for hydroxylation is 1. The molecule has 42 heavy (non-hydrogen) atoms. The van der Waals surface area contributed by atoms with E-state index >= 15 is 0 Å². The predicted octanol–water partition coefficient (Wildman–Crippen LogP) is 4.61. The van der Waals surface area contributed by atoms with Gasteiger partial charge in [-0.25, -0.2) is 9.97 Å². The van der Waals surface area contributed by atoms with Gasteiger partial charge in [0.15, 0.2) is 5.82 Å². The van der Waals surface area contributed by atoms with Crippen LogP contribution < -0.4 is 21.1 Å². The van der Waals surface area contributed by atoms with E-state index in [2.05, 4.69) is 51.7 Å². The first-order chi connectivity index (χ1) is 20.0. The highest BCUT2D eigenvalue weighted by Gasteiger charge is 2.37. The Bertz CT molecular complexity index is 1830. The molecule has 4 heterocycles. The quantitative estimate of drug-likeness (QED) is 0.332. The van der Waals surface area contributed by atoms with E-state index in [1.807, 2.05) is 13.0 Å². The molecule has 2 amide bonds.